The zero-order chi connectivity index (χ0) is 21.8. The highest BCUT2D eigenvalue weighted by Crippen LogP contribution is 2.27. The number of nitrogens with zero attached hydrogens (tertiary/aromatic N) is 3. The molecule has 0 fully saturated rings. The van der Waals surface area contributed by atoms with Crippen molar-refractivity contribution in [3.63, 3.8) is 0 Å². The molecule has 2 heterocycles. The first-order valence-electron chi connectivity index (χ1n) is 9.53. The van der Waals surface area contributed by atoms with Gasteiger partial charge in [-0.2, -0.15) is 0 Å². The Morgan fingerprint density at radius 1 is 1.19 bits per heavy atom. The molecule has 0 spiro atoms. The highest BCUT2D eigenvalue weighted by atomic mass is 32.2. The molecule has 0 saturated heterocycles. The molecule has 31 heavy (non-hydrogen) atoms. The van der Waals surface area contributed by atoms with Crippen molar-refractivity contribution >= 4 is 45.0 Å². The number of carbonyl (C=O) groups excluding carboxylic acids is 1. The Labute approximate surface area is 187 Å². The van der Waals surface area contributed by atoms with E-state index in [0.717, 1.165) is 17.0 Å². The predicted molar refractivity (Wildman–Crippen MR) is 125 cm³/mol. The number of ether oxygens (including phenoxy) is 1. The predicted octanol–water partition coefficient (Wildman–Crippen LogP) is 4.19. The van der Waals surface area contributed by atoms with Crippen molar-refractivity contribution in [1.29, 1.82) is 0 Å². The fraction of sp³-hybridized carbons (Fsp3) is 0.182. The topological polar surface area (TPSA) is 86.1 Å². The van der Waals surface area contributed by atoms with Crippen LogP contribution in [0.3, 0.4) is 0 Å². The fourth-order valence-corrected chi connectivity index (χ4v) is 4.63. The number of fused-ring (bicyclic) bond motifs is 1. The van der Waals surface area contributed by atoms with Crippen molar-refractivity contribution < 1.29 is 9.53 Å². The maximum atomic E-state index is 12.5. The van der Waals surface area contributed by atoms with Gasteiger partial charge in [0.25, 0.3) is 5.56 Å². The number of anilines is 1. The number of benzene rings is 2. The number of rotatable bonds is 7. The van der Waals surface area contributed by atoms with Crippen molar-refractivity contribution in [3.8, 4) is 17.0 Å². The molecule has 7 nitrogen and oxygen atoms in total. The fourth-order valence-electron chi connectivity index (χ4n) is 2.99. The minimum Gasteiger partial charge on any atom is -0.497 e. The summed E-state index contributed by atoms with van der Waals surface area (Å²) in [6.45, 7) is 0. The molecule has 1 N–H and O–H groups in total. The summed E-state index contributed by atoms with van der Waals surface area (Å²) in [5, 5.41) is 6.45. The highest BCUT2D eigenvalue weighted by Gasteiger charge is 2.11. The van der Waals surface area contributed by atoms with Crippen LogP contribution in [0.4, 0.5) is 5.13 Å². The second kappa shape index (κ2) is 9.32. The molecule has 0 aliphatic rings. The molecule has 0 saturated carbocycles. The van der Waals surface area contributed by atoms with Crippen molar-refractivity contribution in [3.05, 3.63) is 64.3 Å². The standard InChI is InChI=1S/C22H20N4O3S2/c1-26-20(28)16-8-3-4-9-17(16)24-22(26)30-11-10-19(27)25-21-23-18(13-31-21)14-6-5-7-15(12-14)29-2/h3-9,12-13H,10-11H2,1-2H3,(H,23,25,27). The average Bonchev–Trinajstić information content (AvgIpc) is 3.25. The Bertz CT molecular complexity index is 1300. The van der Waals surface area contributed by atoms with Crippen LogP contribution < -0.4 is 15.6 Å². The lowest BCUT2D eigenvalue weighted by molar-refractivity contribution is -0.115. The Kier molecular flexibility index (Phi) is 6.34. The average molecular weight is 453 g/mol. The number of para-hydroxylation sites is 1. The molecule has 158 valence electrons. The van der Waals surface area contributed by atoms with Crippen LogP contribution in [0.5, 0.6) is 5.75 Å². The second-order valence-corrected chi connectivity index (χ2v) is 8.61. The van der Waals surface area contributed by atoms with Crippen molar-refractivity contribution in [1.82, 2.24) is 14.5 Å². The number of thiazole rings is 1. The summed E-state index contributed by atoms with van der Waals surface area (Å²) in [4.78, 5) is 33.8. The summed E-state index contributed by atoms with van der Waals surface area (Å²) < 4.78 is 6.77. The van der Waals surface area contributed by atoms with Gasteiger partial charge in [-0.05, 0) is 24.3 Å². The van der Waals surface area contributed by atoms with Gasteiger partial charge in [-0.3, -0.25) is 14.2 Å². The molecule has 1 amide bonds. The maximum Gasteiger partial charge on any atom is 0.261 e. The lowest BCUT2D eigenvalue weighted by Gasteiger charge is -2.08. The second-order valence-electron chi connectivity index (χ2n) is 6.69. The summed E-state index contributed by atoms with van der Waals surface area (Å²) in [6.07, 6.45) is 0.279. The van der Waals surface area contributed by atoms with Gasteiger partial charge < -0.3 is 10.1 Å². The van der Waals surface area contributed by atoms with Gasteiger partial charge in [0.1, 0.15) is 5.75 Å². The van der Waals surface area contributed by atoms with Gasteiger partial charge in [0.15, 0.2) is 10.3 Å². The Balaban J connectivity index is 1.36. The molecule has 2 aromatic heterocycles. The number of hydrogen-bond acceptors (Lipinski definition) is 7. The molecule has 0 bridgehead atoms. The maximum absolute atomic E-state index is 12.5. The Morgan fingerprint density at radius 3 is 2.87 bits per heavy atom. The summed E-state index contributed by atoms with van der Waals surface area (Å²) in [5.74, 6) is 1.12. The summed E-state index contributed by atoms with van der Waals surface area (Å²) in [5.41, 5.74) is 2.27. The van der Waals surface area contributed by atoms with Crippen LogP contribution in [-0.4, -0.2) is 33.3 Å². The number of carbonyl (C=O) groups is 1. The van der Waals surface area contributed by atoms with Crippen LogP contribution >= 0.6 is 23.1 Å². The number of methoxy groups -OCH3 is 1. The van der Waals surface area contributed by atoms with Crippen molar-refractivity contribution in [2.75, 3.05) is 18.2 Å². The largest absolute Gasteiger partial charge is 0.497 e. The number of thioether (sulfide) groups is 1. The number of nitrogens with one attached hydrogen (secondary N) is 1. The van der Waals surface area contributed by atoms with E-state index < -0.39 is 0 Å². The minimum atomic E-state index is -0.134. The molecule has 0 atom stereocenters. The van der Waals surface area contributed by atoms with Gasteiger partial charge in [0, 0.05) is 30.2 Å². The van der Waals surface area contributed by atoms with Crippen LogP contribution in [0, 0.1) is 0 Å². The van der Waals surface area contributed by atoms with Gasteiger partial charge in [-0.15, -0.1) is 11.3 Å². The highest BCUT2D eigenvalue weighted by molar-refractivity contribution is 7.99. The van der Waals surface area contributed by atoms with Crippen molar-refractivity contribution in [2.45, 2.75) is 11.6 Å². The zero-order valence-corrected chi connectivity index (χ0v) is 18.6. The van der Waals surface area contributed by atoms with Gasteiger partial charge in [0.05, 0.1) is 23.7 Å². The third-order valence-corrected chi connectivity index (χ3v) is 6.41. The lowest BCUT2D eigenvalue weighted by atomic mass is 10.2. The van der Waals surface area contributed by atoms with Gasteiger partial charge in [0.2, 0.25) is 5.91 Å². The van der Waals surface area contributed by atoms with E-state index in [0.29, 0.717) is 26.9 Å². The lowest BCUT2D eigenvalue weighted by Crippen LogP contribution is -2.20. The smallest absolute Gasteiger partial charge is 0.261 e. The van der Waals surface area contributed by atoms with Gasteiger partial charge >= 0.3 is 0 Å². The van der Waals surface area contributed by atoms with Gasteiger partial charge in [-0.1, -0.05) is 36.0 Å². The molecular weight excluding hydrogens is 432 g/mol. The van der Waals surface area contributed by atoms with E-state index in [9.17, 15) is 9.59 Å². The summed E-state index contributed by atoms with van der Waals surface area (Å²) in [6, 6.07) is 14.9. The van der Waals surface area contributed by atoms with Gasteiger partial charge in [-0.25, -0.2) is 9.97 Å². The SMILES string of the molecule is COc1cccc(-c2csc(NC(=O)CCSc3nc4ccccc4c(=O)n3C)n2)c1. The number of aromatic nitrogens is 3. The third kappa shape index (κ3) is 4.78. The molecule has 2 aromatic carbocycles. The van der Waals surface area contributed by atoms with E-state index >= 15 is 0 Å². The molecule has 4 rings (SSSR count). The Morgan fingerprint density at radius 2 is 2.03 bits per heavy atom. The summed E-state index contributed by atoms with van der Waals surface area (Å²) in [7, 11) is 3.31. The van der Waals surface area contributed by atoms with E-state index in [4.69, 9.17) is 4.74 Å². The van der Waals surface area contributed by atoms with E-state index in [1.54, 1.807) is 20.2 Å². The molecule has 0 radical (unpaired) electrons. The molecule has 4 aromatic rings. The van der Waals surface area contributed by atoms with Crippen LogP contribution in [0.1, 0.15) is 6.42 Å². The Hall–Kier alpha value is -3.17. The van der Waals surface area contributed by atoms with Crippen molar-refractivity contribution in [2.24, 2.45) is 7.05 Å². The zero-order valence-electron chi connectivity index (χ0n) is 17.0. The first-order valence-corrected chi connectivity index (χ1v) is 11.4. The number of hydrogen-bond donors (Lipinski definition) is 1. The number of amides is 1. The minimum absolute atomic E-state index is 0.0922. The van der Waals surface area contributed by atoms with E-state index in [1.165, 1.54) is 27.7 Å². The van der Waals surface area contributed by atoms with Crippen LogP contribution in [0.2, 0.25) is 0 Å². The monoisotopic (exact) mass is 452 g/mol. The first kappa shape index (κ1) is 21.1. The molecular formula is C22H20N4O3S2. The van der Waals surface area contributed by atoms with E-state index in [-0.39, 0.29) is 17.9 Å². The molecule has 0 aliphatic heterocycles. The van der Waals surface area contributed by atoms with Crippen LogP contribution in [0.15, 0.2) is 63.9 Å². The summed E-state index contributed by atoms with van der Waals surface area (Å²) >= 11 is 2.75. The molecule has 9 heteroatoms. The quantitative estimate of drug-likeness (QED) is 0.334. The van der Waals surface area contributed by atoms with Crippen LogP contribution in [0.25, 0.3) is 22.2 Å². The van der Waals surface area contributed by atoms with E-state index in [2.05, 4.69) is 15.3 Å². The van der Waals surface area contributed by atoms with E-state index in [1.807, 2.05) is 47.8 Å². The molecule has 0 unspecified atom stereocenters. The third-order valence-electron chi connectivity index (χ3n) is 4.62. The normalized spacial score (nSPS) is 10.9. The first-order chi connectivity index (χ1) is 15.0. The van der Waals surface area contributed by atoms with Crippen LogP contribution in [-0.2, 0) is 11.8 Å². The molecule has 0 aliphatic carbocycles.